The SMILES string of the molecule is CCCNC(=O)C(F)(F)C(F)(F)C(F)(F)C(F)(F)C(=O)NCCC. The van der Waals surface area contributed by atoms with Gasteiger partial charge in [-0.05, 0) is 12.8 Å². The lowest BCUT2D eigenvalue weighted by Gasteiger charge is -2.35. The Labute approximate surface area is 132 Å². The smallest absolute Gasteiger partial charge is 0.351 e. The van der Waals surface area contributed by atoms with Crippen LogP contribution in [-0.2, 0) is 9.59 Å². The molecule has 142 valence electrons. The third kappa shape index (κ3) is 3.72. The summed E-state index contributed by atoms with van der Waals surface area (Å²) in [4.78, 5) is 21.9. The van der Waals surface area contributed by atoms with E-state index in [1.807, 2.05) is 0 Å². The lowest BCUT2D eigenvalue weighted by Crippen LogP contribution is -2.69. The van der Waals surface area contributed by atoms with E-state index < -0.39 is 48.6 Å². The van der Waals surface area contributed by atoms with Crippen molar-refractivity contribution in [2.24, 2.45) is 0 Å². The van der Waals surface area contributed by atoms with E-state index in [1.165, 1.54) is 24.5 Å². The molecule has 0 saturated carbocycles. The third-order valence-corrected chi connectivity index (χ3v) is 2.82. The van der Waals surface area contributed by atoms with Crippen molar-refractivity contribution in [3.63, 3.8) is 0 Å². The number of amides is 2. The molecule has 2 amide bonds. The van der Waals surface area contributed by atoms with Crippen molar-refractivity contribution in [1.82, 2.24) is 10.6 Å². The van der Waals surface area contributed by atoms with Crippen molar-refractivity contribution >= 4 is 11.8 Å². The Balaban J connectivity index is 5.70. The highest BCUT2D eigenvalue weighted by molar-refractivity contribution is 5.87. The van der Waals surface area contributed by atoms with Crippen LogP contribution in [-0.4, -0.2) is 48.6 Å². The zero-order valence-electron chi connectivity index (χ0n) is 12.7. The topological polar surface area (TPSA) is 58.2 Å². The van der Waals surface area contributed by atoms with Crippen LogP contribution in [0.5, 0.6) is 0 Å². The average molecular weight is 372 g/mol. The van der Waals surface area contributed by atoms with Crippen LogP contribution in [0.25, 0.3) is 0 Å². The van der Waals surface area contributed by atoms with Crippen LogP contribution in [0.15, 0.2) is 0 Å². The fourth-order valence-corrected chi connectivity index (χ4v) is 1.38. The fourth-order valence-electron chi connectivity index (χ4n) is 1.38. The largest absolute Gasteiger partial charge is 0.392 e. The molecular formula is C12H16F8N2O2. The van der Waals surface area contributed by atoms with Gasteiger partial charge in [0.15, 0.2) is 0 Å². The number of hydrogen-bond acceptors (Lipinski definition) is 2. The van der Waals surface area contributed by atoms with Gasteiger partial charge in [-0.2, -0.15) is 35.1 Å². The van der Waals surface area contributed by atoms with Crippen molar-refractivity contribution < 1.29 is 44.7 Å². The minimum atomic E-state index is -6.81. The van der Waals surface area contributed by atoms with E-state index >= 15 is 0 Å². The van der Waals surface area contributed by atoms with E-state index in [9.17, 15) is 44.7 Å². The molecule has 0 spiro atoms. The van der Waals surface area contributed by atoms with Crippen LogP contribution in [0.4, 0.5) is 35.1 Å². The molecular weight excluding hydrogens is 356 g/mol. The molecule has 0 bridgehead atoms. The van der Waals surface area contributed by atoms with E-state index in [4.69, 9.17) is 0 Å². The van der Waals surface area contributed by atoms with Crippen LogP contribution < -0.4 is 10.6 Å². The fraction of sp³-hybridized carbons (Fsp3) is 0.833. The first kappa shape index (κ1) is 22.4. The monoisotopic (exact) mass is 372 g/mol. The van der Waals surface area contributed by atoms with E-state index in [-0.39, 0.29) is 12.8 Å². The minimum Gasteiger partial charge on any atom is -0.351 e. The van der Waals surface area contributed by atoms with Gasteiger partial charge in [0, 0.05) is 13.1 Å². The third-order valence-electron chi connectivity index (χ3n) is 2.82. The van der Waals surface area contributed by atoms with E-state index in [0.29, 0.717) is 0 Å². The molecule has 0 heterocycles. The molecule has 0 aromatic heterocycles. The Morgan fingerprint density at radius 2 is 0.917 bits per heavy atom. The molecule has 12 heteroatoms. The summed E-state index contributed by atoms with van der Waals surface area (Å²) in [5.74, 6) is -31.7. The van der Waals surface area contributed by atoms with Gasteiger partial charge in [-0.15, -0.1) is 0 Å². The summed E-state index contributed by atoms with van der Waals surface area (Å²) in [7, 11) is 0. The van der Waals surface area contributed by atoms with Crippen molar-refractivity contribution in [3.8, 4) is 0 Å². The number of carbonyl (C=O) groups is 2. The van der Waals surface area contributed by atoms with Crippen molar-refractivity contribution in [2.75, 3.05) is 13.1 Å². The summed E-state index contributed by atoms with van der Waals surface area (Å²) in [5.41, 5.74) is 0. The predicted molar refractivity (Wildman–Crippen MR) is 66.4 cm³/mol. The van der Waals surface area contributed by atoms with Gasteiger partial charge in [0.1, 0.15) is 0 Å². The Hall–Kier alpha value is -1.62. The molecule has 0 aromatic rings. The molecule has 0 aromatic carbocycles. The molecule has 0 aliphatic carbocycles. The van der Waals surface area contributed by atoms with E-state index in [0.717, 1.165) is 0 Å². The summed E-state index contributed by atoms with van der Waals surface area (Å²) >= 11 is 0. The van der Waals surface area contributed by atoms with Crippen LogP contribution in [0.3, 0.4) is 0 Å². The van der Waals surface area contributed by atoms with Crippen LogP contribution in [0, 0.1) is 0 Å². The Morgan fingerprint density at radius 1 is 0.667 bits per heavy atom. The number of halogens is 8. The number of rotatable bonds is 9. The number of nitrogens with one attached hydrogen (secondary N) is 2. The highest BCUT2D eigenvalue weighted by Gasteiger charge is 2.84. The van der Waals surface area contributed by atoms with Gasteiger partial charge in [-0.3, -0.25) is 9.59 Å². The first-order chi connectivity index (χ1) is 10.7. The van der Waals surface area contributed by atoms with Crippen molar-refractivity contribution in [3.05, 3.63) is 0 Å². The van der Waals surface area contributed by atoms with Crippen LogP contribution >= 0.6 is 0 Å². The van der Waals surface area contributed by atoms with Gasteiger partial charge in [0.25, 0.3) is 11.8 Å². The number of alkyl halides is 8. The van der Waals surface area contributed by atoms with Gasteiger partial charge < -0.3 is 10.6 Å². The average Bonchev–Trinajstić information content (AvgIpc) is 2.49. The summed E-state index contributed by atoms with van der Waals surface area (Å²) in [6.45, 7) is 1.56. The molecule has 0 rings (SSSR count). The molecule has 2 N–H and O–H groups in total. The van der Waals surface area contributed by atoms with E-state index in [2.05, 4.69) is 0 Å². The molecule has 4 nitrogen and oxygen atoms in total. The first-order valence-corrected chi connectivity index (χ1v) is 6.79. The maximum atomic E-state index is 13.4. The molecule has 0 atom stereocenters. The van der Waals surface area contributed by atoms with Gasteiger partial charge >= 0.3 is 23.7 Å². The highest BCUT2D eigenvalue weighted by atomic mass is 19.4. The van der Waals surface area contributed by atoms with Gasteiger partial charge in [0.05, 0.1) is 0 Å². The quantitative estimate of drug-likeness (QED) is 0.612. The molecule has 0 fully saturated rings. The maximum Gasteiger partial charge on any atom is 0.392 e. The zero-order chi connectivity index (χ0) is 19.4. The lowest BCUT2D eigenvalue weighted by atomic mass is 9.97. The predicted octanol–water partition coefficient (Wildman–Crippen LogP) is 2.58. The summed E-state index contributed by atoms with van der Waals surface area (Å²) < 4.78 is 107. The lowest BCUT2D eigenvalue weighted by molar-refractivity contribution is -0.347. The second-order valence-electron chi connectivity index (χ2n) is 4.81. The summed E-state index contributed by atoms with van der Waals surface area (Å²) in [6, 6.07) is 0. The molecule has 0 aliphatic rings. The standard InChI is InChI=1S/C12H16F8N2O2/c1-3-5-21-7(23)9(13,14)11(17,18)12(19,20)10(15,16)8(24)22-6-4-2/h3-6H2,1-2H3,(H,21,23)(H,22,24). The summed E-state index contributed by atoms with van der Waals surface area (Å²) in [5, 5.41) is 2.44. The number of hydrogen-bond donors (Lipinski definition) is 2. The molecule has 0 aliphatic heterocycles. The molecule has 24 heavy (non-hydrogen) atoms. The van der Waals surface area contributed by atoms with Gasteiger partial charge in [-0.25, -0.2) is 0 Å². The van der Waals surface area contributed by atoms with Gasteiger partial charge in [-0.1, -0.05) is 13.8 Å². The molecule has 0 unspecified atom stereocenters. The Bertz CT molecular complexity index is 426. The molecule has 0 radical (unpaired) electrons. The van der Waals surface area contributed by atoms with Crippen LogP contribution in [0.2, 0.25) is 0 Å². The Kier molecular flexibility index (Phi) is 7.01. The van der Waals surface area contributed by atoms with Crippen LogP contribution in [0.1, 0.15) is 26.7 Å². The van der Waals surface area contributed by atoms with Gasteiger partial charge in [0.2, 0.25) is 0 Å². The zero-order valence-corrected chi connectivity index (χ0v) is 12.7. The summed E-state index contributed by atoms with van der Waals surface area (Å²) in [6.07, 6.45) is -0.00125. The second-order valence-corrected chi connectivity index (χ2v) is 4.81. The number of carbonyl (C=O) groups excluding carboxylic acids is 2. The van der Waals surface area contributed by atoms with Crippen molar-refractivity contribution in [2.45, 2.75) is 50.4 Å². The highest BCUT2D eigenvalue weighted by Crippen LogP contribution is 2.52. The first-order valence-electron chi connectivity index (χ1n) is 6.79. The minimum absolute atomic E-state index is 0.000627. The normalized spacial score (nSPS) is 13.6. The second kappa shape index (κ2) is 7.51. The molecule has 0 saturated heterocycles. The van der Waals surface area contributed by atoms with Crippen molar-refractivity contribution in [1.29, 1.82) is 0 Å². The van der Waals surface area contributed by atoms with E-state index in [1.54, 1.807) is 0 Å². The Morgan fingerprint density at radius 3 is 1.12 bits per heavy atom. The maximum absolute atomic E-state index is 13.4.